The zero-order valence-corrected chi connectivity index (χ0v) is 12.6. The zero-order valence-electron chi connectivity index (χ0n) is 11.6. The second-order valence-electron chi connectivity index (χ2n) is 4.74. The van der Waals surface area contributed by atoms with E-state index in [1.807, 2.05) is 0 Å². The van der Waals surface area contributed by atoms with Gasteiger partial charge in [-0.25, -0.2) is 0 Å². The first-order chi connectivity index (χ1) is 7.99. The van der Waals surface area contributed by atoms with Crippen LogP contribution >= 0.6 is 8.58 Å². The molecule has 0 saturated carbocycles. The second kappa shape index (κ2) is 8.16. The van der Waals surface area contributed by atoms with Gasteiger partial charge < -0.3 is 0 Å². The summed E-state index contributed by atoms with van der Waals surface area (Å²) in [6.07, 6.45) is 3.37. The number of aryl methyl sites for hydroxylation is 2. The van der Waals surface area contributed by atoms with Gasteiger partial charge in [0.1, 0.15) is 0 Å². The SMILES string of the molecule is CCCCPC(=O)c1c(C)cc(C)c(C)c1C.[LiH]. The molecule has 0 bridgehead atoms. The molecule has 96 valence electrons. The van der Waals surface area contributed by atoms with Crippen LogP contribution in [0.15, 0.2) is 6.07 Å². The first kappa shape index (κ1) is 17.9. The molecule has 1 aromatic rings. The molecule has 0 fully saturated rings. The molecule has 3 heteroatoms. The number of hydrogen-bond donors (Lipinski definition) is 0. The predicted octanol–water partition coefficient (Wildman–Crippen LogP) is 3.89. The molecule has 0 radical (unpaired) electrons. The molecule has 0 amide bonds. The van der Waals surface area contributed by atoms with Gasteiger partial charge in [0.15, 0.2) is 5.52 Å². The third kappa shape index (κ3) is 4.24. The number of rotatable bonds is 5. The maximum absolute atomic E-state index is 12.2. The Bertz CT molecular complexity index is 427. The van der Waals surface area contributed by atoms with Crippen molar-refractivity contribution < 1.29 is 4.79 Å². The van der Waals surface area contributed by atoms with E-state index in [9.17, 15) is 4.79 Å². The fourth-order valence-electron chi connectivity index (χ4n) is 2.10. The van der Waals surface area contributed by atoms with E-state index in [4.69, 9.17) is 0 Å². The van der Waals surface area contributed by atoms with Crippen molar-refractivity contribution in [2.24, 2.45) is 0 Å². The fourth-order valence-corrected chi connectivity index (χ4v) is 3.42. The Labute approximate surface area is 125 Å². The first-order valence-electron chi connectivity index (χ1n) is 6.34. The topological polar surface area (TPSA) is 17.1 Å². The van der Waals surface area contributed by atoms with Crippen molar-refractivity contribution in [3.8, 4) is 0 Å². The third-order valence-electron chi connectivity index (χ3n) is 3.40. The van der Waals surface area contributed by atoms with E-state index in [0.29, 0.717) is 14.1 Å². The summed E-state index contributed by atoms with van der Waals surface area (Å²) in [4.78, 5) is 12.2. The van der Waals surface area contributed by atoms with E-state index in [1.165, 1.54) is 23.1 Å². The molecule has 1 atom stereocenters. The van der Waals surface area contributed by atoms with Gasteiger partial charge in [-0.3, -0.25) is 4.79 Å². The van der Waals surface area contributed by atoms with Crippen molar-refractivity contribution in [1.82, 2.24) is 0 Å². The summed E-state index contributed by atoms with van der Waals surface area (Å²) >= 11 is 0. The number of benzene rings is 1. The van der Waals surface area contributed by atoms with Crippen LogP contribution in [0, 0.1) is 27.7 Å². The molecule has 0 heterocycles. The molecule has 0 aliphatic carbocycles. The van der Waals surface area contributed by atoms with Crippen LogP contribution in [0.1, 0.15) is 52.4 Å². The summed E-state index contributed by atoms with van der Waals surface area (Å²) in [5.74, 6) is 0. The zero-order chi connectivity index (χ0) is 13.0. The Hall–Kier alpha value is -0.0826. The number of carbonyl (C=O) groups is 1. The van der Waals surface area contributed by atoms with Crippen molar-refractivity contribution in [3.05, 3.63) is 33.9 Å². The van der Waals surface area contributed by atoms with Gasteiger partial charge in [0.05, 0.1) is 0 Å². The number of unbranched alkanes of at least 4 members (excludes halogenated alkanes) is 1. The van der Waals surface area contributed by atoms with Crippen LogP contribution in [0.4, 0.5) is 0 Å². The maximum atomic E-state index is 12.2. The fraction of sp³-hybridized carbons (Fsp3) is 0.533. The van der Waals surface area contributed by atoms with Crippen LogP contribution in [-0.4, -0.2) is 30.5 Å². The molecule has 18 heavy (non-hydrogen) atoms. The first-order valence-corrected chi connectivity index (χ1v) is 7.55. The Morgan fingerprint density at radius 1 is 1.11 bits per heavy atom. The average Bonchev–Trinajstić information content (AvgIpc) is 2.26. The summed E-state index contributed by atoms with van der Waals surface area (Å²) in [5, 5.41) is 0. The normalized spacial score (nSPS) is 10.7. The number of hydrogen-bond acceptors (Lipinski definition) is 1. The Kier molecular flexibility index (Phi) is 8.12. The standard InChI is InChI=1S/C15H23OP.Li.H/c1-6-7-8-17-15(16)14-11(3)9-10(2)12(4)13(14)5;;/h9,17H,6-8H2,1-5H3;;. The van der Waals surface area contributed by atoms with Crippen LogP contribution in [0.3, 0.4) is 0 Å². The van der Waals surface area contributed by atoms with E-state index >= 15 is 0 Å². The van der Waals surface area contributed by atoms with Gasteiger partial charge in [-0.05, 0) is 71.1 Å². The Morgan fingerprint density at radius 3 is 2.28 bits per heavy atom. The summed E-state index contributed by atoms with van der Waals surface area (Å²) < 4.78 is 0. The van der Waals surface area contributed by atoms with Crippen molar-refractivity contribution in [2.75, 3.05) is 6.16 Å². The van der Waals surface area contributed by atoms with Gasteiger partial charge in [0, 0.05) is 5.56 Å². The minimum absolute atomic E-state index is 0. The molecule has 1 rings (SSSR count). The quantitative estimate of drug-likeness (QED) is 0.445. The van der Waals surface area contributed by atoms with Crippen molar-refractivity contribution in [1.29, 1.82) is 0 Å². The van der Waals surface area contributed by atoms with Gasteiger partial charge in [0.2, 0.25) is 0 Å². The van der Waals surface area contributed by atoms with E-state index in [-0.39, 0.29) is 18.9 Å². The van der Waals surface area contributed by atoms with Crippen LogP contribution in [0.5, 0.6) is 0 Å². The van der Waals surface area contributed by atoms with E-state index in [2.05, 4.69) is 40.7 Å². The van der Waals surface area contributed by atoms with Crippen LogP contribution in [0.2, 0.25) is 0 Å². The molecule has 0 aliphatic heterocycles. The van der Waals surface area contributed by atoms with Gasteiger partial charge in [0.25, 0.3) is 0 Å². The molecule has 0 saturated heterocycles. The number of carbonyl (C=O) groups excluding carboxylic acids is 1. The van der Waals surface area contributed by atoms with Gasteiger partial charge in [-0.2, -0.15) is 0 Å². The molecule has 1 unspecified atom stereocenters. The molecule has 0 N–H and O–H groups in total. The van der Waals surface area contributed by atoms with Crippen LogP contribution < -0.4 is 0 Å². The van der Waals surface area contributed by atoms with E-state index in [1.54, 1.807) is 0 Å². The van der Waals surface area contributed by atoms with E-state index in [0.717, 1.165) is 23.7 Å². The molecular weight excluding hydrogens is 234 g/mol. The van der Waals surface area contributed by atoms with Crippen LogP contribution in [-0.2, 0) is 0 Å². The summed E-state index contributed by atoms with van der Waals surface area (Å²) in [6.45, 7) is 10.5. The molecule has 1 nitrogen and oxygen atoms in total. The monoisotopic (exact) mass is 258 g/mol. The Balaban J connectivity index is 0.00000289. The van der Waals surface area contributed by atoms with E-state index < -0.39 is 0 Å². The van der Waals surface area contributed by atoms with Gasteiger partial charge in [-0.15, -0.1) is 0 Å². The van der Waals surface area contributed by atoms with Crippen molar-refractivity contribution in [3.63, 3.8) is 0 Å². The molecule has 0 aromatic heterocycles. The summed E-state index contributed by atoms with van der Waals surface area (Å²) in [6, 6.07) is 2.14. The molecule has 0 spiro atoms. The molecule has 0 aliphatic rings. The summed E-state index contributed by atoms with van der Waals surface area (Å²) in [5.41, 5.74) is 6.18. The van der Waals surface area contributed by atoms with Crippen molar-refractivity contribution in [2.45, 2.75) is 47.5 Å². The second-order valence-corrected chi connectivity index (χ2v) is 6.05. The molecule has 1 aromatic carbocycles. The molecular formula is C15H24LiOP. The predicted molar refractivity (Wildman–Crippen MR) is 85.0 cm³/mol. The summed E-state index contributed by atoms with van der Waals surface area (Å²) in [7, 11) is 0.437. The van der Waals surface area contributed by atoms with Crippen LogP contribution in [0.25, 0.3) is 0 Å². The third-order valence-corrected chi connectivity index (χ3v) is 4.57. The Morgan fingerprint density at radius 2 is 1.72 bits per heavy atom. The van der Waals surface area contributed by atoms with Gasteiger partial charge in [-0.1, -0.05) is 19.4 Å². The minimum atomic E-state index is 0. The van der Waals surface area contributed by atoms with Gasteiger partial charge >= 0.3 is 18.9 Å². The average molecular weight is 258 g/mol. The van der Waals surface area contributed by atoms with Crippen molar-refractivity contribution >= 4 is 33.0 Å².